The standard InChI is InChI=1S/C8H16N4O2S/c1-3-4-11-15(13,14)8-7(5-9-2)6-10-12-8/h6,9,11H,3-5H2,1-2H3,(H,10,12). The van der Waals surface area contributed by atoms with Gasteiger partial charge in [-0.1, -0.05) is 6.92 Å². The van der Waals surface area contributed by atoms with Crippen molar-refractivity contribution in [1.82, 2.24) is 20.2 Å². The Hall–Kier alpha value is -0.920. The molecule has 0 radical (unpaired) electrons. The Labute approximate surface area is 89.5 Å². The van der Waals surface area contributed by atoms with E-state index in [1.807, 2.05) is 6.92 Å². The van der Waals surface area contributed by atoms with E-state index in [0.29, 0.717) is 18.7 Å². The van der Waals surface area contributed by atoms with Crippen molar-refractivity contribution in [2.45, 2.75) is 24.9 Å². The van der Waals surface area contributed by atoms with Crippen LogP contribution in [0.4, 0.5) is 0 Å². The molecular formula is C8H16N4O2S. The van der Waals surface area contributed by atoms with Crippen molar-refractivity contribution in [3.05, 3.63) is 11.8 Å². The summed E-state index contributed by atoms with van der Waals surface area (Å²) in [5, 5.41) is 9.26. The highest BCUT2D eigenvalue weighted by Crippen LogP contribution is 2.10. The first kappa shape index (κ1) is 12.2. The molecule has 86 valence electrons. The van der Waals surface area contributed by atoms with Crippen LogP contribution in [-0.4, -0.2) is 32.2 Å². The van der Waals surface area contributed by atoms with Crippen molar-refractivity contribution in [3.63, 3.8) is 0 Å². The minimum Gasteiger partial charge on any atom is -0.316 e. The molecule has 0 spiro atoms. The number of H-pyrrole nitrogens is 1. The van der Waals surface area contributed by atoms with Crippen LogP contribution in [0.2, 0.25) is 0 Å². The maximum atomic E-state index is 11.7. The Morgan fingerprint density at radius 2 is 2.27 bits per heavy atom. The fourth-order valence-corrected chi connectivity index (χ4v) is 2.42. The average molecular weight is 232 g/mol. The lowest BCUT2D eigenvalue weighted by Gasteiger charge is -2.05. The Morgan fingerprint density at radius 1 is 1.53 bits per heavy atom. The van der Waals surface area contributed by atoms with E-state index in [-0.39, 0.29) is 5.03 Å². The largest absolute Gasteiger partial charge is 0.316 e. The summed E-state index contributed by atoms with van der Waals surface area (Å²) in [6.45, 7) is 2.81. The van der Waals surface area contributed by atoms with E-state index in [0.717, 1.165) is 6.42 Å². The topological polar surface area (TPSA) is 86.9 Å². The minimum absolute atomic E-state index is 0.144. The predicted octanol–water partition coefficient (Wildman–Crippen LogP) is -0.183. The third-order valence-electron chi connectivity index (χ3n) is 1.86. The Bertz CT molecular complexity index is 399. The molecule has 1 rings (SSSR count). The molecule has 0 aliphatic heterocycles. The minimum atomic E-state index is -3.44. The molecule has 0 saturated heterocycles. The van der Waals surface area contributed by atoms with Crippen molar-refractivity contribution < 1.29 is 8.42 Å². The first-order chi connectivity index (χ1) is 7.11. The highest BCUT2D eigenvalue weighted by atomic mass is 32.2. The molecule has 0 aliphatic carbocycles. The first-order valence-electron chi connectivity index (χ1n) is 4.78. The Morgan fingerprint density at radius 3 is 2.87 bits per heavy atom. The lowest BCUT2D eigenvalue weighted by atomic mass is 10.4. The summed E-state index contributed by atoms with van der Waals surface area (Å²) in [4.78, 5) is 0. The summed E-state index contributed by atoms with van der Waals surface area (Å²) >= 11 is 0. The molecule has 0 aromatic carbocycles. The number of aromatic nitrogens is 2. The zero-order valence-electron chi connectivity index (χ0n) is 8.87. The van der Waals surface area contributed by atoms with Crippen LogP contribution in [0.25, 0.3) is 0 Å². The lowest BCUT2D eigenvalue weighted by Crippen LogP contribution is -2.26. The van der Waals surface area contributed by atoms with Gasteiger partial charge in [0.25, 0.3) is 10.0 Å². The number of nitrogens with zero attached hydrogens (tertiary/aromatic N) is 1. The van der Waals surface area contributed by atoms with E-state index < -0.39 is 10.0 Å². The zero-order valence-corrected chi connectivity index (χ0v) is 9.69. The molecule has 0 atom stereocenters. The van der Waals surface area contributed by atoms with Gasteiger partial charge in [0.1, 0.15) is 0 Å². The molecule has 0 fully saturated rings. The molecule has 7 heteroatoms. The summed E-state index contributed by atoms with van der Waals surface area (Å²) in [6.07, 6.45) is 2.27. The molecule has 15 heavy (non-hydrogen) atoms. The second-order valence-corrected chi connectivity index (χ2v) is 4.86. The van der Waals surface area contributed by atoms with Gasteiger partial charge in [-0.3, -0.25) is 5.10 Å². The number of rotatable bonds is 6. The molecule has 0 aliphatic rings. The SMILES string of the molecule is CCCNS(=O)(=O)c1[nH]ncc1CNC. The zero-order chi connectivity index (χ0) is 11.3. The smallest absolute Gasteiger partial charge is 0.257 e. The third kappa shape index (κ3) is 3.01. The molecular weight excluding hydrogens is 216 g/mol. The van der Waals surface area contributed by atoms with Gasteiger partial charge in [-0.25, -0.2) is 13.1 Å². The predicted molar refractivity (Wildman–Crippen MR) is 56.8 cm³/mol. The summed E-state index contributed by atoms with van der Waals surface area (Å²) < 4.78 is 26.0. The van der Waals surface area contributed by atoms with Crippen molar-refractivity contribution >= 4 is 10.0 Å². The van der Waals surface area contributed by atoms with Crippen LogP contribution in [0.15, 0.2) is 11.2 Å². The molecule has 1 aromatic rings. The van der Waals surface area contributed by atoms with Gasteiger partial charge in [0.15, 0.2) is 5.03 Å². The summed E-state index contributed by atoms with van der Waals surface area (Å²) in [6, 6.07) is 0. The van der Waals surface area contributed by atoms with Crippen LogP contribution in [0.5, 0.6) is 0 Å². The van der Waals surface area contributed by atoms with Gasteiger partial charge in [0, 0.05) is 18.7 Å². The van der Waals surface area contributed by atoms with E-state index in [1.54, 1.807) is 7.05 Å². The fourth-order valence-electron chi connectivity index (χ4n) is 1.16. The molecule has 0 saturated carbocycles. The fraction of sp³-hybridized carbons (Fsp3) is 0.625. The highest BCUT2D eigenvalue weighted by molar-refractivity contribution is 7.89. The van der Waals surface area contributed by atoms with Gasteiger partial charge >= 0.3 is 0 Å². The average Bonchev–Trinajstić information content (AvgIpc) is 2.64. The van der Waals surface area contributed by atoms with Crippen LogP contribution < -0.4 is 10.0 Å². The van der Waals surface area contributed by atoms with Gasteiger partial charge in [0.2, 0.25) is 0 Å². The highest BCUT2D eigenvalue weighted by Gasteiger charge is 2.19. The van der Waals surface area contributed by atoms with Gasteiger partial charge in [-0.2, -0.15) is 5.10 Å². The maximum absolute atomic E-state index is 11.7. The first-order valence-corrected chi connectivity index (χ1v) is 6.26. The second kappa shape index (κ2) is 5.24. The number of sulfonamides is 1. The molecule has 1 aromatic heterocycles. The molecule has 0 unspecified atom stereocenters. The van der Waals surface area contributed by atoms with E-state index in [1.165, 1.54) is 6.20 Å². The molecule has 0 amide bonds. The van der Waals surface area contributed by atoms with Gasteiger partial charge in [-0.05, 0) is 13.5 Å². The summed E-state index contributed by atoms with van der Waals surface area (Å²) in [7, 11) is -1.69. The van der Waals surface area contributed by atoms with Crippen molar-refractivity contribution in [2.75, 3.05) is 13.6 Å². The lowest BCUT2D eigenvalue weighted by molar-refractivity contribution is 0.574. The van der Waals surface area contributed by atoms with Crippen molar-refractivity contribution in [2.24, 2.45) is 0 Å². The van der Waals surface area contributed by atoms with Crippen molar-refractivity contribution in [1.29, 1.82) is 0 Å². The van der Waals surface area contributed by atoms with Crippen LogP contribution in [0.1, 0.15) is 18.9 Å². The summed E-state index contributed by atoms with van der Waals surface area (Å²) in [5.41, 5.74) is 0.640. The molecule has 1 heterocycles. The molecule has 3 N–H and O–H groups in total. The number of aromatic amines is 1. The van der Waals surface area contributed by atoms with Gasteiger partial charge in [-0.15, -0.1) is 0 Å². The molecule has 6 nitrogen and oxygen atoms in total. The number of hydrogen-bond donors (Lipinski definition) is 3. The number of nitrogens with one attached hydrogen (secondary N) is 3. The van der Waals surface area contributed by atoms with E-state index in [2.05, 4.69) is 20.2 Å². The Balaban J connectivity index is 2.89. The normalized spacial score (nSPS) is 11.9. The van der Waals surface area contributed by atoms with Crippen LogP contribution in [0.3, 0.4) is 0 Å². The second-order valence-electron chi connectivity index (χ2n) is 3.15. The quantitative estimate of drug-likeness (QED) is 0.635. The van der Waals surface area contributed by atoms with Crippen LogP contribution in [-0.2, 0) is 16.6 Å². The van der Waals surface area contributed by atoms with E-state index in [9.17, 15) is 8.42 Å². The monoisotopic (exact) mass is 232 g/mol. The Kier molecular flexibility index (Phi) is 4.25. The van der Waals surface area contributed by atoms with E-state index in [4.69, 9.17) is 0 Å². The van der Waals surface area contributed by atoms with Gasteiger partial charge in [0.05, 0.1) is 6.20 Å². The van der Waals surface area contributed by atoms with Gasteiger partial charge < -0.3 is 5.32 Å². The van der Waals surface area contributed by atoms with E-state index >= 15 is 0 Å². The molecule has 0 bridgehead atoms. The summed E-state index contributed by atoms with van der Waals surface area (Å²) in [5.74, 6) is 0. The maximum Gasteiger partial charge on any atom is 0.257 e. The number of hydrogen-bond acceptors (Lipinski definition) is 4. The van der Waals surface area contributed by atoms with Crippen LogP contribution in [0, 0.1) is 0 Å². The van der Waals surface area contributed by atoms with Crippen molar-refractivity contribution in [3.8, 4) is 0 Å². The third-order valence-corrected chi connectivity index (χ3v) is 3.33. The van der Waals surface area contributed by atoms with Crippen LogP contribution >= 0.6 is 0 Å².